The molecule has 7 aromatic rings. The molecule has 5 nitrogen and oxygen atoms in total. The normalized spacial score (nSPS) is 12.0. The highest BCUT2D eigenvalue weighted by Crippen LogP contribution is 2.45. The third-order valence-corrected chi connectivity index (χ3v) is 14.7. The number of aliphatic carboxylic acids is 1. The molecule has 0 bridgehead atoms. The fraction of sp³-hybridized carbons (Fsp3) is 0.246. The molecular formula is C57H54N2O3S2. The third-order valence-electron chi connectivity index (χ3n) is 12.2. The molecule has 1 aliphatic rings. The van der Waals surface area contributed by atoms with Crippen LogP contribution in [0.25, 0.3) is 48.5 Å². The lowest BCUT2D eigenvalue weighted by molar-refractivity contribution is -0.132. The molecule has 5 aromatic carbocycles. The van der Waals surface area contributed by atoms with Crippen LogP contribution in [0.3, 0.4) is 0 Å². The molecule has 0 radical (unpaired) electrons. The van der Waals surface area contributed by atoms with Gasteiger partial charge in [-0.05, 0) is 145 Å². The molecule has 322 valence electrons. The molecule has 7 heteroatoms. The van der Waals surface area contributed by atoms with Crippen LogP contribution in [0.1, 0.15) is 108 Å². The Kier molecular flexibility index (Phi) is 13.9. The van der Waals surface area contributed by atoms with Gasteiger partial charge in [0.25, 0.3) is 0 Å². The minimum Gasteiger partial charge on any atom is -0.477 e. The largest absolute Gasteiger partial charge is 0.477 e. The van der Waals surface area contributed by atoms with Gasteiger partial charge in [-0.1, -0.05) is 124 Å². The number of carbonyl (C=O) groups is 2. The number of anilines is 3. The summed E-state index contributed by atoms with van der Waals surface area (Å²) in [5, 5.41) is 19.1. The topological polar surface area (TPSA) is 81.4 Å². The third kappa shape index (κ3) is 9.60. The van der Waals surface area contributed by atoms with Gasteiger partial charge < -0.3 is 10.0 Å². The maximum absolute atomic E-state index is 14.3. The Balaban J connectivity index is 1.09. The molecule has 0 aliphatic heterocycles. The van der Waals surface area contributed by atoms with Gasteiger partial charge in [-0.15, -0.1) is 22.7 Å². The molecular weight excluding hydrogens is 825 g/mol. The zero-order valence-corrected chi connectivity index (χ0v) is 38.8. The Hall–Kier alpha value is -6.33. The summed E-state index contributed by atoms with van der Waals surface area (Å²) in [6, 6.07) is 45.1. The first-order valence-electron chi connectivity index (χ1n) is 22.6. The van der Waals surface area contributed by atoms with E-state index in [-0.39, 0.29) is 11.4 Å². The summed E-state index contributed by atoms with van der Waals surface area (Å²) in [6.45, 7) is 8.66. The van der Waals surface area contributed by atoms with Gasteiger partial charge in [-0.25, -0.2) is 4.79 Å². The van der Waals surface area contributed by atoms with E-state index in [1.54, 1.807) is 11.3 Å². The number of hydrogen-bond donors (Lipinski definition) is 1. The SMILES string of the molecule is CCCCCCc1cc(-c2ccc3c(c2)C(=O)c2cc(-c4cc(CCCCCC)c(-c5ccc(N(c6ccc(C)cc6)c6ccc(C)cc6)cc5)s4)ccc2-3)sc1/C=C(/C#N)C(=O)O. The first-order chi connectivity index (χ1) is 31.1. The lowest BCUT2D eigenvalue weighted by Crippen LogP contribution is -2.09. The van der Waals surface area contributed by atoms with Crippen LogP contribution in [-0.4, -0.2) is 16.9 Å². The van der Waals surface area contributed by atoms with E-state index in [0.717, 1.165) is 104 Å². The molecule has 0 saturated carbocycles. The minimum atomic E-state index is -1.23. The molecule has 64 heavy (non-hydrogen) atoms. The number of carboxylic acid groups (broad SMARTS) is 1. The van der Waals surface area contributed by atoms with Crippen LogP contribution < -0.4 is 4.90 Å². The van der Waals surface area contributed by atoms with Crippen molar-refractivity contribution >= 4 is 57.6 Å². The van der Waals surface area contributed by atoms with Gasteiger partial charge in [-0.2, -0.15) is 5.26 Å². The van der Waals surface area contributed by atoms with Crippen LogP contribution >= 0.6 is 22.7 Å². The molecule has 0 fully saturated rings. The molecule has 2 heterocycles. The van der Waals surface area contributed by atoms with Crippen molar-refractivity contribution in [2.24, 2.45) is 0 Å². The van der Waals surface area contributed by atoms with E-state index in [0.29, 0.717) is 11.1 Å². The maximum atomic E-state index is 14.3. The summed E-state index contributed by atoms with van der Waals surface area (Å²) in [5.74, 6) is -1.22. The lowest BCUT2D eigenvalue weighted by Gasteiger charge is -2.26. The molecule has 1 aliphatic carbocycles. The number of nitrogens with zero attached hydrogens (tertiary/aromatic N) is 2. The number of unbranched alkanes of at least 4 members (excludes halogenated alkanes) is 6. The Bertz CT molecular complexity index is 2830. The number of rotatable bonds is 18. The number of ketones is 1. The van der Waals surface area contributed by atoms with E-state index in [1.165, 1.54) is 63.8 Å². The van der Waals surface area contributed by atoms with E-state index in [4.69, 9.17) is 0 Å². The van der Waals surface area contributed by atoms with Crippen LogP contribution in [0.4, 0.5) is 17.1 Å². The number of hydrogen-bond acceptors (Lipinski definition) is 6. The zero-order chi connectivity index (χ0) is 44.7. The van der Waals surface area contributed by atoms with Crippen molar-refractivity contribution in [2.75, 3.05) is 4.90 Å². The first-order valence-corrected chi connectivity index (χ1v) is 24.3. The molecule has 0 unspecified atom stereocenters. The summed E-state index contributed by atoms with van der Waals surface area (Å²) in [6.07, 6.45) is 12.4. The Morgan fingerprint density at radius 3 is 1.56 bits per heavy atom. The van der Waals surface area contributed by atoms with Crippen molar-refractivity contribution < 1.29 is 14.7 Å². The summed E-state index contributed by atoms with van der Waals surface area (Å²) in [4.78, 5) is 32.5. The Morgan fingerprint density at radius 2 is 1.06 bits per heavy atom. The molecule has 1 N–H and O–H groups in total. The number of carboxylic acids is 1. The molecule has 0 spiro atoms. The summed E-state index contributed by atoms with van der Waals surface area (Å²) in [7, 11) is 0. The number of aryl methyl sites for hydroxylation is 4. The number of fused-ring (bicyclic) bond motifs is 3. The van der Waals surface area contributed by atoms with Gasteiger partial charge >= 0.3 is 5.97 Å². The van der Waals surface area contributed by atoms with Gasteiger partial charge in [0.2, 0.25) is 0 Å². The first kappa shape index (κ1) is 44.3. The van der Waals surface area contributed by atoms with Crippen molar-refractivity contribution in [3.05, 3.63) is 165 Å². The van der Waals surface area contributed by atoms with Gasteiger partial charge in [0, 0.05) is 47.7 Å². The van der Waals surface area contributed by atoms with Crippen molar-refractivity contribution in [2.45, 2.75) is 91.9 Å². The number of carbonyl (C=O) groups excluding carboxylic acids is 1. The second kappa shape index (κ2) is 20.0. The van der Waals surface area contributed by atoms with Crippen LogP contribution in [0.15, 0.2) is 127 Å². The smallest absolute Gasteiger partial charge is 0.346 e. The predicted molar refractivity (Wildman–Crippen MR) is 268 cm³/mol. The van der Waals surface area contributed by atoms with Gasteiger partial charge in [-0.3, -0.25) is 4.79 Å². The average molecular weight is 879 g/mol. The second-order valence-corrected chi connectivity index (χ2v) is 19.1. The van der Waals surface area contributed by atoms with E-state index < -0.39 is 5.97 Å². The number of nitriles is 1. The lowest BCUT2D eigenvalue weighted by atomic mass is 10.00. The second-order valence-electron chi connectivity index (χ2n) is 17.0. The van der Waals surface area contributed by atoms with E-state index in [9.17, 15) is 20.0 Å². The van der Waals surface area contributed by atoms with Crippen molar-refractivity contribution in [3.8, 4) is 48.5 Å². The fourth-order valence-corrected chi connectivity index (χ4v) is 11.0. The summed E-state index contributed by atoms with van der Waals surface area (Å²) >= 11 is 3.28. The molecule has 2 aromatic heterocycles. The standard InChI is InChI=1S/C57H54N2O3S2/c1-5-7-9-11-13-40-33-52(63-53(40)35-44(36-58)57(61)62)41-21-29-48-49-30-22-42(32-51(49)55(60)50(48)31-41)54-34-43(14-12-10-8-6-2)56(64-54)39-19-27-47(28-20-39)59(45-23-15-37(3)16-24-45)46-25-17-38(4)18-26-46/h15-35H,5-14H2,1-4H3,(H,61,62)/b44-35-. The van der Waals surface area contributed by atoms with Crippen LogP contribution in [-0.2, 0) is 17.6 Å². The Labute approximate surface area is 386 Å². The quantitative estimate of drug-likeness (QED) is 0.0527. The molecule has 0 atom stereocenters. The highest BCUT2D eigenvalue weighted by molar-refractivity contribution is 7.19. The van der Waals surface area contributed by atoms with Crippen LogP contribution in [0.5, 0.6) is 0 Å². The predicted octanol–water partition coefficient (Wildman–Crippen LogP) is 16.3. The van der Waals surface area contributed by atoms with E-state index in [1.807, 2.05) is 18.2 Å². The summed E-state index contributed by atoms with van der Waals surface area (Å²) in [5.41, 5.74) is 14.3. The van der Waals surface area contributed by atoms with Gasteiger partial charge in [0.1, 0.15) is 11.6 Å². The molecule has 0 amide bonds. The number of benzene rings is 5. The van der Waals surface area contributed by atoms with Crippen LogP contribution in [0.2, 0.25) is 0 Å². The van der Waals surface area contributed by atoms with E-state index >= 15 is 0 Å². The van der Waals surface area contributed by atoms with E-state index in [2.05, 4.69) is 142 Å². The van der Waals surface area contributed by atoms with Crippen molar-refractivity contribution in [3.63, 3.8) is 0 Å². The van der Waals surface area contributed by atoms with Crippen LogP contribution in [0, 0.1) is 25.2 Å². The van der Waals surface area contributed by atoms with Crippen molar-refractivity contribution in [1.82, 2.24) is 0 Å². The van der Waals surface area contributed by atoms with Gasteiger partial charge in [0.05, 0.1) is 0 Å². The monoisotopic (exact) mass is 878 g/mol. The Morgan fingerprint density at radius 1 is 0.594 bits per heavy atom. The molecule has 0 saturated heterocycles. The van der Waals surface area contributed by atoms with Crippen molar-refractivity contribution in [1.29, 1.82) is 5.26 Å². The highest BCUT2D eigenvalue weighted by atomic mass is 32.1. The zero-order valence-electron chi connectivity index (χ0n) is 37.2. The number of thiophene rings is 2. The summed E-state index contributed by atoms with van der Waals surface area (Å²) < 4.78 is 0. The average Bonchev–Trinajstić information content (AvgIpc) is 4.01. The highest BCUT2D eigenvalue weighted by Gasteiger charge is 2.28. The minimum absolute atomic E-state index is 0.0154. The maximum Gasteiger partial charge on any atom is 0.346 e. The van der Waals surface area contributed by atoms with Gasteiger partial charge in [0.15, 0.2) is 5.78 Å². The fourth-order valence-electron chi connectivity index (χ4n) is 8.64. The molecule has 8 rings (SSSR count).